The zero-order chi connectivity index (χ0) is 18.2. The Balaban J connectivity index is 3.95. The van der Waals surface area contributed by atoms with E-state index in [1.807, 2.05) is 0 Å². The molecule has 0 aliphatic heterocycles. The molecule has 0 rings (SSSR count). The van der Waals surface area contributed by atoms with Crippen LogP contribution in [0.5, 0.6) is 0 Å². The molecular formula is C15H33N7O2. The van der Waals surface area contributed by atoms with E-state index < -0.39 is 6.04 Å². The molecule has 9 nitrogen and oxygen atoms in total. The van der Waals surface area contributed by atoms with E-state index in [0.717, 1.165) is 32.4 Å². The van der Waals surface area contributed by atoms with Crippen LogP contribution in [0, 0.1) is 0 Å². The summed E-state index contributed by atoms with van der Waals surface area (Å²) in [6, 6.07) is -0.561. The Labute approximate surface area is 144 Å². The molecule has 1 atom stereocenters. The van der Waals surface area contributed by atoms with Crippen molar-refractivity contribution in [2.45, 2.75) is 45.1 Å². The molecule has 0 saturated heterocycles. The highest BCUT2D eigenvalue weighted by Gasteiger charge is 2.18. The largest absolute Gasteiger partial charge is 0.370 e. The maximum absolute atomic E-state index is 12.1. The van der Waals surface area contributed by atoms with Gasteiger partial charge in [-0.2, -0.15) is 0 Å². The second kappa shape index (κ2) is 14.7. The van der Waals surface area contributed by atoms with Crippen LogP contribution in [0.2, 0.25) is 0 Å². The highest BCUT2D eigenvalue weighted by Crippen LogP contribution is 1.99. The number of rotatable bonds is 14. The van der Waals surface area contributed by atoms with Crippen LogP contribution < -0.4 is 33.2 Å². The zero-order valence-electron chi connectivity index (χ0n) is 14.6. The molecule has 0 aliphatic carbocycles. The Hall–Kier alpha value is -1.87. The number of carbonyl (C=O) groups excluding carboxylic acids is 2. The van der Waals surface area contributed by atoms with Gasteiger partial charge in [0.2, 0.25) is 11.8 Å². The van der Waals surface area contributed by atoms with Gasteiger partial charge in [0.1, 0.15) is 6.04 Å². The molecule has 140 valence electrons. The highest BCUT2D eigenvalue weighted by molar-refractivity contribution is 5.86. The maximum atomic E-state index is 12.1. The Morgan fingerprint density at radius 2 is 1.75 bits per heavy atom. The van der Waals surface area contributed by atoms with Crippen LogP contribution >= 0.6 is 0 Å². The minimum absolute atomic E-state index is 0.0227. The summed E-state index contributed by atoms with van der Waals surface area (Å²) >= 11 is 0. The van der Waals surface area contributed by atoms with Crippen molar-refractivity contribution in [2.24, 2.45) is 22.2 Å². The summed E-state index contributed by atoms with van der Waals surface area (Å²) in [5.41, 5.74) is 15.9. The number of nitrogens with two attached hydrogens (primary N) is 3. The van der Waals surface area contributed by atoms with Crippen molar-refractivity contribution in [3.8, 4) is 0 Å². The third kappa shape index (κ3) is 13.8. The zero-order valence-corrected chi connectivity index (χ0v) is 14.6. The summed E-state index contributed by atoms with van der Waals surface area (Å²) in [5.74, 6) is -0.397. The SMILES string of the molecule is CC(=O)N[C@@H](CCCN=C(N)N)C(=O)NCCCNCCCCN. The molecule has 2 amide bonds. The molecule has 0 fully saturated rings. The maximum Gasteiger partial charge on any atom is 0.242 e. The quantitative estimate of drug-likeness (QED) is 0.126. The summed E-state index contributed by atoms with van der Waals surface area (Å²) in [6.07, 6.45) is 4.00. The number of nitrogens with zero attached hydrogens (tertiary/aromatic N) is 1. The van der Waals surface area contributed by atoms with Gasteiger partial charge < -0.3 is 33.2 Å². The Morgan fingerprint density at radius 3 is 2.38 bits per heavy atom. The average Bonchev–Trinajstić information content (AvgIpc) is 2.52. The van der Waals surface area contributed by atoms with Crippen LogP contribution in [-0.2, 0) is 9.59 Å². The van der Waals surface area contributed by atoms with Crippen molar-refractivity contribution in [1.29, 1.82) is 0 Å². The van der Waals surface area contributed by atoms with Crippen molar-refractivity contribution in [1.82, 2.24) is 16.0 Å². The first-order chi connectivity index (χ1) is 11.5. The first-order valence-electron chi connectivity index (χ1n) is 8.48. The van der Waals surface area contributed by atoms with Gasteiger partial charge in [-0.25, -0.2) is 0 Å². The minimum atomic E-state index is -0.561. The number of carbonyl (C=O) groups is 2. The van der Waals surface area contributed by atoms with E-state index in [-0.39, 0.29) is 17.8 Å². The van der Waals surface area contributed by atoms with Gasteiger partial charge >= 0.3 is 0 Å². The van der Waals surface area contributed by atoms with E-state index in [1.165, 1.54) is 6.92 Å². The van der Waals surface area contributed by atoms with Crippen molar-refractivity contribution < 1.29 is 9.59 Å². The predicted molar refractivity (Wildman–Crippen MR) is 96.3 cm³/mol. The first kappa shape index (κ1) is 22.1. The fourth-order valence-electron chi connectivity index (χ4n) is 2.09. The Kier molecular flexibility index (Phi) is 13.6. The molecule has 0 spiro atoms. The van der Waals surface area contributed by atoms with Crippen molar-refractivity contribution in [2.75, 3.05) is 32.7 Å². The summed E-state index contributed by atoms with van der Waals surface area (Å²) in [4.78, 5) is 27.2. The third-order valence-corrected chi connectivity index (χ3v) is 3.28. The smallest absolute Gasteiger partial charge is 0.242 e. The second-order valence-corrected chi connectivity index (χ2v) is 5.59. The van der Waals surface area contributed by atoms with E-state index in [9.17, 15) is 9.59 Å². The normalized spacial score (nSPS) is 11.6. The second-order valence-electron chi connectivity index (χ2n) is 5.59. The Bertz CT molecular complexity index is 384. The number of guanidine groups is 1. The summed E-state index contributed by atoms with van der Waals surface area (Å²) < 4.78 is 0. The number of unbranched alkanes of at least 4 members (excludes halogenated alkanes) is 1. The monoisotopic (exact) mass is 343 g/mol. The Morgan fingerprint density at radius 1 is 1.04 bits per heavy atom. The minimum Gasteiger partial charge on any atom is -0.370 e. The summed E-state index contributed by atoms with van der Waals surface area (Å²) in [7, 11) is 0. The van der Waals surface area contributed by atoms with Crippen molar-refractivity contribution in [3.63, 3.8) is 0 Å². The fraction of sp³-hybridized carbons (Fsp3) is 0.800. The molecule has 0 saturated carbocycles. The average molecular weight is 343 g/mol. The molecule has 0 aromatic heterocycles. The first-order valence-corrected chi connectivity index (χ1v) is 8.48. The molecule has 0 aromatic carbocycles. The van der Waals surface area contributed by atoms with Crippen LogP contribution in [0.4, 0.5) is 0 Å². The molecule has 24 heavy (non-hydrogen) atoms. The number of aliphatic imine (C=N–C) groups is 1. The lowest BCUT2D eigenvalue weighted by molar-refractivity contribution is -0.128. The molecule has 0 aliphatic rings. The lowest BCUT2D eigenvalue weighted by atomic mass is 10.1. The molecule has 0 radical (unpaired) electrons. The molecule has 0 unspecified atom stereocenters. The van der Waals surface area contributed by atoms with Crippen LogP contribution in [0.25, 0.3) is 0 Å². The molecule has 9 heteroatoms. The van der Waals surface area contributed by atoms with Gasteiger partial charge in [0, 0.05) is 20.0 Å². The van der Waals surface area contributed by atoms with Gasteiger partial charge in [-0.15, -0.1) is 0 Å². The third-order valence-electron chi connectivity index (χ3n) is 3.28. The van der Waals surface area contributed by atoms with Gasteiger partial charge in [-0.05, 0) is 51.7 Å². The van der Waals surface area contributed by atoms with Gasteiger partial charge in [0.05, 0.1) is 0 Å². The van der Waals surface area contributed by atoms with E-state index in [2.05, 4.69) is 20.9 Å². The topological polar surface area (TPSA) is 161 Å². The standard InChI is InChI=1S/C15H33N7O2/c1-12(23)22-13(6-4-10-21-15(17)18)14(24)20-11-5-9-19-8-3-2-7-16/h13,19H,2-11,16H2,1H3,(H,20,24)(H,22,23)(H4,17,18,21)/t13-/m0/s1. The highest BCUT2D eigenvalue weighted by atomic mass is 16.2. The van der Waals surface area contributed by atoms with Crippen LogP contribution in [-0.4, -0.2) is 56.5 Å². The van der Waals surface area contributed by atoms with Gasteiger partial charge in [-0.1, -0.05) is 0 Å². The van der Waals surface area contributed by atoms with Crippen molar-refractivity contribution in [3.05, 3.63) is 0 Å². The van der Waals surface area contributed by atoms with Crippen LogP contribution in [0.1, 0.15) is 39.0 Å². The molecule has 0 bridgehead atoms. The molecule has 9 N–H and O–H groups in total. The van der Waals surface area contributed by atoms with Crippen LogP contribution in [0.3, 0.4) is 0 Å². The number of nitrogens with one attached hydrogen (secondary N) is 3. The molecular weight excluding hydrogens is 310 g/mol. The number of amides is 2. The van der Waals surface area contributed by atoms with E-state index in [1.54, 1.807) is 0 Å². The molecule has 0 aromatic rings. The van der Waals surface area contributed by atoms with Gasteiger partial charge in [-0.3, -0.25) is 14.6 Å². The van der Waals surface area contributed by atoms with Gasteiger partial charge in [0.15, 0.2) is 5.96 Å². The lowest BCUT2D eigenvalue weighted by Gasteiger charge is -2.17. The van der Waals surface area contributed by atoms with Gasteiger partial charge in [0.25, 0.3) is 0 Å². The molecule has 0 heterocycles. The fourth-order valence-corrected chi connectivity index (χ4v) is 2.09. The van der Waals surface area contributed by atoms with E-state index >= 15 is 0 Å². The lowest BCUT2D eigenvalue weighted by Crippen LogP contribution is -2.46. The summed E-state index contributed by atoms with van der Waals surface area (Å²) in [6.45, 7) is 4.86. The van der Waals surface area contributed by atoms with Crippen molar-refractivity contribution >= 4 is 17.8 Å². The van der Waals surface area contributed by atoms with E-state index in [4.69, 9.17) is 17.2 Å². The van der Waals surface area contributed by atoms with Crippen LogP contribution in [0.15, 0.2) is 4.99 Å². The number of hydrogen-bond acceptors (Lipinski definition) is 5. The predicted octanol–water partition coefficient (Wildman–Crippen LogP) is -1.62. The van der Waals surface area contributed by atoms with E-state index in [0.29, 0.717) is 32.5 Å². The number of hydrogen-bond donors (Lipinski definition) is 6. The summed E-state index contributed by atoms with van der Waals surface area (Å²) in [5, 5.41) is 8.79.